The van der Waals surface area contributed by atoms with Crippen LogP contribution in [-0.4, -0.2) is 39.1 Å². The van der Waals surface area contributed by atoms with Crippen molar-refractivity contribution in [3.8, 4) is 0 Å². The van der Waals surface area contributed by atoms with Crippen LogP contribution in [0.3, 0.4) is 0 Å². The van der Waals surface area contributed by atoms with Crippen LogP contribution in [0.2, 0.25) is 0 Å². The van der Waals surface area contributed by atoms with E-state index in [-0.39, 0.29) is 5.91 Å². The van der Waals surface area contributed by atoms with E-state index in [1.807, 2.05) is 43.3 Å². The van der Waals surface area contributed by atoms with Crippen LogP contribution in [0.15, 0.2) is 24.3 Å². The first-order valence-corrected chi connectivity index (χ1v) is 6.46. The van der Waals surface area contributed by atoms with Crippen molar-refractivity contribution in [2.45, 2.75) is 18.9 Å². The van der Waals surface area contributed by atoms with Gasteiger partial charge in [-0.05, 0) is 38.1 Å². The number of hydrogen-bond donors (Lipinski definition) is 2. The summed E-state index contributed by atoms with van der Waals surface area (Å²) in [7, 11) is 3.91. The zero-order chi connectivity index (χ0) is 13.0. The molecule has 0 radical (unpaired) electrons. The topological polar surface area (TPSA) is 44.4 Å². The number of carbonyl (C=O) groups is 1. The van der Waals surface area contributed by atoms with Crippen LogP contribution in [0.1, 0.15) is 23.2 Å². The van der Waals surface area contributed by atoms with Gasteiger partial charge in [0.15, 0.2) is 0 Å². The molecule has 0 saturated carbocycles. The van der Waals surface area contributed by atoms with E-state index in [9.17, 15) is 4.79 Å². The standard InChI is InChI=1S/C14H21N3O/c1-17(2)13-6-4-3-5-12(13)14(18)16-11-7-9-15-10-8-11/h3-6,11,15H,7-10H2,1-2H3,(H,16,18). The largest absolute Gasteiger partial charge is 0.377 e. The van der Waals surface area contributed by atoms with Gasteiger partial charge in [-0.25, -0.2) is 0 Å². The van der Waals surface area contributed by atoms with Gasteiger partial charge in [-0.3, -0.25) is 4.79 Å². The van der Waals surface area contributed by atoms with Crippen molar-refractivity contribution in [2.75, 3.05) is 32.1 Å². The van der Waals surface area contributed by atoms with Crippen molar-refractivity contribution in [3.63, 3.8) is 0 Å². The van der Waals surface area contributed by atoms with E-state index < -0.39 is 0 Å². The van der Waals surface area contributed by atoms with Crippen LogP contribution in [-0.2, 0) is 0 Å². The van der Waals surface area contributed by atoms with Gasteiger partial charge in [-0.2, -0.15) is 0 Å². The number of carbonyl (C=O) groups excluding carboxylic acids is 1. The quantitative estimate of drug-likeness (QED) is 0.844. The fraction of sp³-hybridized carbons (Fsp3) is 0.500. The summed E-state index contributed by atoms with van der Waals surface area (Å²) < 4.78 is 0. The Bertz CT molecular complexity index is 411. The maximum atomic E-state index is 12.3. The highest BCUT2D eigenvalue weighted by molar-refractivity contribution is 5.99. The van der Waals surface area contributed by atoms with E-state index in [2.05, 4.69) is 10.6 Å². The first-order chi connectivity index (χ1) is 8.68. The Labute approximate surface area is 108 Å². The second-order valence-corrected chi connectivity index (χ2v) is 4.91. The zero-order valence-electron chi connectivity index (χ0n) is 11.1. The zero-order valence-corrected chi connectivity index (χ0v) is 11.1. The fourth-order valence-electron chi connectivity index (χ4n) is 2.29. The number of anilines is 1. The van der Waals surface area contributed by atoms with Crippen molar-refractivity contribution < 1.29 is 4.79 Å². The van der Waals surface area contributed by atoms with Crippen LogP contribution in [0.5, 0.6) is 0 Å². The van der Waals surface area contributed by atoms with E-state index in [1.165, 1.54) is 0 Å². The average Bonchev–Trinajstić information content (AvgIpc) is 2.40. The van der Waals surface area contributed by atoms with Gasteiger partial charge in [0.1, 0.15) is 0 Å². The van der Waals surface area contributed by atoms with Gasteiger partial charge in [0.2, 0.25) is 0 Å². The molecule has 0 atom stereocenters. The van der Waals surface area contributed by atoms with Crippen molar-refractivity contribution in [3.05, 3.63) is 29.8 Å². The lowest BCUT2D eigenvalue weighted by Crippen LogP contribution is -2.43. The molecule has 1 fully saturated rings. The Kier molecular flexibility index (Phi) is 4.20. The molecule has 4 nitrogen and oxygen atoms in total. The summed E-state index contributed by atoms with van der Waals surface area (Å²) in [6.07, 6.45) is 2.02. The molecule has 0 aromatic heterocycles. The van der Waals surface area contributed by atoms with Crippen LogP contribution >= 0.6 is 0 Å². The van der Waals surface area contributed by atoms with Gasteiger partial charge in [0.05, 0.1) is 5.56 Å². The molecule has 0 bridgehead atoms. The van der Waals surface area contributed by atoms with E-state index in [0.29, 0.717) is 6.04 Å². The summed E-state index contributed by atoms with van der Waals surface area (Å²) in [6.45, 7) is 1.97. The molecule has 0 aliphatic carbocycles. The smallest absolute Gasteiger partial charge is 0.253 e. The van der Waals surface area contributed by atoms with Gasteiger partial charge in [0, 0.05) is 25.8 Å². The molecule has 1 saturated heterocycles. The summed E-state index contributed by atoms with van der Waals surface area (Å²) in [5.41, 5.74) is 1.71. The molecule has 98 valence electrons. The number of rotatable bonds is 3. The van der Waals surface area contributed by atoms with E-state index >= 15 is 0 Å². The predicted octanol–water partition coefficient (Wildman–Crippen LogP) is 1.23. The molecule has 1 aromatic carbocycles. The van der Waals surface area contributed by atoms with Crippen LogP contribution < -0.4 is 15.5 Å². The predicted molar refractivity (Wildman–Crippen MR) is 74.1 cm³/mol. The number of piperidine rings is 1. The number of nitrogens with one attached hydrogen (secondary N) is 2. The first-order valence-electron chi connectivity index (χ1n) is 6.46. The number of amides is 1. The summed E-state index contributed by atoms with van der Waals surface area (Å²) in [6, 6.07) is 8.01. The molecule has 1 aliphatic heterocycles. The van der Waals surface area contributed by atoms with Crippen molar-refractivity contribution >= 4 is 11.6 Å². The van der Waals surface area contributed by atoms with Crippen molar-refractivity contribution in [1.82, 2.24) is 10.6 Å². The number of hydrogen-bond acceptors (Lipinski definition) is 3. The molecule has 18 heavy (non-hydrogen) atoms. The summed E-state index contributed by atoms with van der Waals surface area (Å²) >= 11 is 0. The first kappa shape index (κ1) is 12.9. The Morgan fingerprint density at radius 1 is 1.28 bits per heavy atom. The Balaban J connectivity index is 2.08. The van der Waals surface area contributed by atoms with E-state index in [4.69, 9.17) is 0 Å². The Morgan fingerprint density at radius 2 is 1.94 bits per heavy atom. The van der Waals surface area contributed by atoms with Gasteiger partial charge in [-0.15, -0.1) is 0 Å². The van der Waals surface area contributed by atoms with Gasteiger partial charge < -0.3 is 15.5 Å². The molecule has 1 aromatic rings. The third-order valence-electron chi connectivity index (χ3n) is 3.30. The Morgan fingerprint density at radius 3 is 2.61 bits per heavy atom. The van der Waals surface area contributed by atoms with Gasteiger partial charge in [-0.1, -0.05) is 12.1 Å². The molecule has 1 amide bonds. The molecular weight excluding hydrogens is 226 g/mol. The minimum Gasteiger partial charge on any atom is -0.377 e. The van der Waals surface area contributed by atoms with Gasteiger partial charge >= 0.3 is 0 Å². The molecule has 4 heteroatoms. The van der Waals surface area contributed by atoms with Crippen molar-refractivity contribution in [1.29, 1.82) is 0 Å². The molecule has 0 spiro atoms. The third-order valence-corrected chi connectivity index (χ3v) is 3.30. The van der Waals surface area contributed by atoms with E-state index in [0.717, 1.165) is 37.2 Å². The normalized spacial score (nSPS) is 16.3. The maximum Gasteiger partial charge on any atom is 0.253 e. The molecule has 2 rings (SSSR count). The second kappa shape index (κ2) is 5.87. The van der Waals surface area contributed by atoms with Crippen LogP contribution in [0.4, 0.5) is 5.69 Å². The molecule has 1 heterocycles. The van der Waals surface area contributed by atoms with Crippen LogP contribution in [0, 0.1) is 0 Å². The maximum absolute atomic E-state index is 12.3. The summed E-state index contributed by atoms with van der Waals surface area (Å²) in [5.74, 6) is 0.0335. The van der Waals surface area contributed by atoms with E-state index in [1.54, 1.807) is 0 Å². The van der Waals surface area contributed by atoms with Gasteiger partial charge in [0.25, 0.3) is 5.91 Å². The highest BCUT2D eigenvalue weighted by Crippen LogP contribution is 2.18. The SMILES string of the molecule is CN(C)c1ccccc1C(=O)NC1CCNCC1. The Hall–Kier alpha value is -1.55. The lowest BCUT2D eigenvalue weighted by molar-refractivity contribution is 0.0930. The average molecular weight is 247 g/mol. The molecule has 0 unspecified atom stereocenters. The van der Waals surface area contributed by atoms with Crippen molar-refractivity contribution in [2.24, 2.45) is 0 Å². The lowest BCUT2D eigenvalue weighted by Gasteiger charge is -2.25. The highest BCUT2D eigenvalue weighted by atomic mass is 16.1. The highest BCUT2D eigenvalue weighted by Gasteiger charge is 2.18. The lowest BCUT2D eigenvalue weighted by atomic mass is 10.1. The number of nitrogens with zero attached hydrogens (tertiary/aromatic N) is 1. The third kappa shape index (κ3) is 3.01. The number of benzene rings is 1. The minimum absolute atomic E-state index is 0.0335. The summed E-state index contributed by atoms with van der Waals surface area (Å²) in [5, 5.41) is 6.42. The minimum atomic E-state index is 0.0335. The fourth-order valence-corrected chi connectivity index (χ4v) is 2.29. The van der Waals surface area contributed by atoms with Crippen LogP contribution in [0.25, 0.3) is 0 Å². The molecular formula is C14H21N3O. The molecule has 1 aliphatic rings. The monoisotopic (exact) mass is 247 g/mol. The molecule has 2 N–H and O–H groups in total. The second-order valence-electron chi connectivity index (χ2n) is 4.91. The number of para-hydroxylation sites is 1. The summed E-state index contributed by atoms with van der Waals surface area (Å²) in [4.78, 5) is 14.2.